The molecule has 0 radical (unpaired) electrons. The molecule has 1 aromatic carbocycles. The van der Waals surface area contributed by atoms with E-state index in [1.165, 1.54) is 12.1 Å². The van der Waals surface area contributed by atoms with Gasteiger partial charge in [0, 0.05) is 0 Å². The fourth-order valence-electron chi connectivity index (χ4n) is 1.14. The van der Waals surface area contributed by atoms with Gasteiger partial charge in [0.1, 0.15) is 5.02 Å². The second-order valence-electron chi connectivity index (χ2n) is 2.81. The third kappa shape index (κ3) is 1.55. The first-order valence-corrected chi connectivity index (χ1v) is 4.34. The maximum Gasteiger partial charge on any atom is 0.190 e. The Kier molecular flexibility index (Phi) is 2.32. The summed E-state index contributed by atoms with van der Waals surface area (Å²) in [5.41, 5.74) is 5.21. The number of anilines is 1. The molecule has 0 saturated heterocycles. The second-order valence-corrected chi connectivity index (χ2v) is 3.19. The number of aromatic nitrogens is 1. The first-order chi connectivity index (χ1) is 7.11. The van der Waals surface area contributed by atoms with Crippen LogP contribution in [0.2, 0.25) is 5.02 Å². The topological polar surface area (TPSA) is 52.0 Å². The predicted octanol–water partition coefficient (Wildman–Crippen LogP) is 2.86. The number of benzene rings is 1. The van der Waals surface area contributed by atoms with Gasteiger partial charge in [-0.1, -0.05) is 22.8 Å². The third-order valence-electron chi connectivity index (χ3n) is 1.86. The Morgan fingerprint density at radius 1 is 1.33 bits per heavy atom. The van der Waals surface area contributed by atoms with Crippen molar-refractivity contribution in [2.75, 3.05) is 5.73 Å². The molecule has 0 fully saturated rings. The van der Waals surface area contributed by atoms with Crippen molar-refractivity contribution in [3.63, 3.8) is 0 Å². The van der Waals surface area contributed by atoms with Crippen LogP contribution < -0.4 is 5.73 Å². The molecule has 0 aliphatic heterocycles. The van der Waals surface area contributed by atoms with Crippen LogP contribution in [0.5, 0.6) is 0 Å². The second kappa shape index (κ2) is 3.51. The van der Waals surface area contributed by atoms with Crippen LogP contribution in [-0.4, -0.2) is 5.16 Å². The largest absolute Gasteiger partial charge is 0.380 e. The van der Waals surface area contributed by atoms with Crippen molar-refractivity contribution in [2.45, 2.75) is 0 Å². The number of nitrogens with two attached hydrogens (primary N) is 1. The molecule has 0 bridgehead atoms. The average Bonchev–Trinajstić information content (AvgIpc) is 2.53. The summed E-state index contributed by atoms with van der Waals surface area (Å²) >= 11 is 5.70. The third-order valence-corrected chi connectivity index (χ3v) is 2.22. The van der Waals surface area contributed by atoms with E-state index in [-0.39, 0.29) is 22.2 Å². The number of hydrogen-bond acceptors (Lipinski definition) is 3. The fourth-order valence-corrected chi connectivity index (χ4v) is 1.31. The molecule has 6 heteroatoms. The van der Waals surface area contributed by atoms with Gasteiger partial charge >= 0.3 is 0 Å². The molecular formula is C9H5ClF2N2O. The van der Waals surface area contributed by atoms with Crippen molar-refractivity contribution in [3.05, 3.63) is 34.9 Å². The average molecular weight is 231 g/mol. The summed E-state index contributed by atoms with van der Waals surface area (Å²) < 4.78 is 30.9. The first-order valence-electron chi connectivity index (χ1n) is 3.96. The van der Waals surface area contributed by atoms with Crippen LogP contribution in [-0.2, 0) is 0 Å². The highest BCUT2D eigenvalue weighted by Gasteiger charge is 2.18. The number of halogens is 3. The number of rotatable bonds is 1. The lowest BCUT2D eigenvalue weighted by molar-refractivity contribution is 0.430. The Bertz CT molecular complexity index is 513. The predicted molar refractivity (Wildman–Crippen MR) is 51.3 cm³/mol. The van der Waals surface area contributed by atoms with E-state index >= 15 is 0 Å². The Morgan fingerprint density at radius 3 is 2.67 bits per heavy atom. The van der Waals surface area contributed by atoms with Crippen molar-refractivity contribution < 1.29 is 13.3 Å². The maximum atomic E-state index is 13.3. The van der Waals surface area contributed by atoms with Gasteiger partial charge in [0.2, 0.25) is 0 Å². The Labute approximate surface area is 88.4 Å². The van der Waals surface area contributed by atoms with Crippen molar-refractivity contribution in [1.29, 1.82) is 0 Å². The Morgan fingerprint density at radius 2 is 2.07 bits per heavy atom. The maximum absolute atomic E-state index is 13.3. The molecule has 15 heavy (non-hydrogen) atoms. The van der Waals surface area contributed by atoms with Gasteiger partial charge in [-0.15, -0.1) is 0 Å². The summed E-state index contributed by atoms with van der Waals surface area (Å²) in [6, 6.07) is 3.65. The van der Waals surface area contributed by atoms with Crippen molar-refractivity contribution >= 4 is 17.4 Å². The highest BCUT2D eigenvalue weighted by Crippen LogP contribution is 2.33. The van der Waals surface area contributed by atoms with Crippen molar-refractivity contribution in [2.24, 2.45) is 0 Å². The summed E-state index contributed by atoms with van der Waals surface area (Å²) in [4.78, 5) is 0. The molecule has 0 atom stereocenters. The molecule has 2 N–H and O–H groups in total. The summed E-state index contributed by atoms with van der Waals surface area (Å²) in [6.07, 6.45) is 0. The lowest BCUT2D eigenvalue weighted by Crippen LogP contribution is -1.88. The van der Waals surface area contributed by atoms with Crippen LogP contribution in [0.25, 0.3) is 11.3 Å². The quantitative estimate of drug-likeness (QED) is 0.820. The van der Waals surface area contributed by atoms with E-state index in [0.29, 0.717) is 0 Å². The smallest absolute Gasteiger partial charge is 0.190 e. The molecule has 78 valence electrons. The Hall–Kier alpha value is -1.62. The molecule has 0 saturated carbocycles. The zero-order valence-electron chi connectivity index (χ0n) is 7.30. The summed E-state index contributed by atoms with van der Waals surface area (Å²) in [5, 5.41) is 3.32. The molecule has 1 aromatic heterocycles. The summed E-state index contributed by atoms with van der Waals surface area (Å²) in [6.45, 7) is 0. The molecule has 0 amide bonds. The molecular weight excluding hydrogens is 226 g/mol. The molecule has 2 rings (SSSR count). The van der Waals surface area contributed by atoms with Gasteiger partial charge in [-0.3, -0.25) is 0 Å². The molecule has 1 heterocycles. The molecule has 2 aromatic rings. The van der Waals surface area contributed by atoms with Crippen LogP contribution in [0.4, 0.5) is 14.6 Å². The number of nitrogens with zero attached hydrogens (tertiary/aromatic N) is 1. The van der Waals surface area contributed by atoms with Crippen LogP contribution in [0.1, 0.15) is 0 Å². The van der Waals surface area contributed by atoms with Crippen LogP contribution in [0, 0.1) is 11.6 Å². The fraction of sp³-hybridized carbons (Fsp3) is 0. The summed E-state index contributed by atoms with van der Waals surface area (Å²) in [5.74, 6) is -2.17. The molecule has 0 aliphatic rings. The van der Waals surface area contributed by atoms with E-state index in [4.69, 9.17) is 21.9 Å². The highest BCUT2D eigenvalue weighted by atomic mass is 35.5. The van der Waals surface area contributed by atoms with E-state index in [9.17, 15) is 8.78 Å². The standard InChI is InChI=1S/C9H5ClF2N2O/c10-6-8(15-14-9(6)13)4-2-1-3-5(11)7(4)12/h1-3H,(H2,13,14). The molecule has 0 unspecified atom stereocenters. The van der Waals surface area contributed by atoms with Gasteiger partial charge in [0.15, 0.2) is 23.2 Å². The lowest BCUT2D eigenvalue weighted by atomic mass is 10.1. The first kappa shape index (κ1) is 9.92. The SMILES string of the molecule is Nc1noc(-c2cccc(F)c2F)c1Cl. The van der Waals surface area contributed by atoms with Crippen LogP contribution in [0.3, 0.4) is 0 Å². The van der Waals surface area contributed by atoms with Gasteiger partial charge in [-0.05, 0) is 12.1 Å². The Balaban J connectivity index is 2.64. The van der Waals surface area contributed by atoms with E-state index in [0.717, 1.165) is 6.07 Å². The van der Waals surface area contributed by atoms with Gasteiger partial charge in [-0.25, -0.2) is 8.78 Å². The van der Waals surface area contributed by atoms with Gasteiger partial charge in [0.25, 0.3) is 0 Å². The zero-order valence-corrected chi connectivity index (χ0v) is 8.05. The van der Waals surface area contributed by atoms with Gasteiger partial charge in [-0.2, -0.15) is 0 Å². The zero-order chi connectivity index (χ0) is 11.0. The highest BCUT2D eigenvalue weighted by molar-refractivity contribution is 6.35. The molecule has 0 spiro atoms. The lowest BCUT2D eigenvalue weighted by Gasteiger charge is -1.99. The number of nitrogen functional groups attached to an aromatic ring is 1. The van der Waals surface area contributed by atoms with Crippen molar-refractivity contribution in [1.82, 2.24) is 5.16 Å². The number of hydrogen-bond donors (Lipinski definition) is 1. The monoisotopic (exact) mass is 230 g/mol. The molecule has 3 nitrogen and oxygen atoms in total. The minimum Gasteiger partial charge on any atom is -0.380 e. The van der Waals surface area contributed by atoms with E-state index in [1.54, 1.807) is 0 Å². The van der Waals surface area contributed by atoms with E-state index in [1.807, 2.05) is 0 Å². The van der Waals surface area contributed by atoms with E-state index in [2.05, 4.69) is 5.16 Å². The van der Waals surface area contributed by atoms with Crippen molar-refractivity contribution in [3.8, 4) is 11.3 Å². The van der Waals surface area contributed by atoms with E-state index < -0.39 is 11.6 Å². The normalized spacial score (nSPS) is 10.6. The minimum absolute atomic E-state index is 0.0282. The van der Waals surface area contributed by atoms with Crippen LogP contribution in [0.15, 0.2) is 22.7 Å². The summed E-state index contributed by atoms with van der Waals surface area (Å²) in [7, 11) is 0. The van der Waals surface area contributed by atoms with Crippen LogP contribution >= 0.6 is 11.6 Å². The molecule has 0 aliphatic carbocycles. The minimum atomic E-state index is -1.05. The van der Waals surface area contributed by atoms with Gasteiger partial charge < -0.3 is 10.3 Å². The van der Waals surface area contributed by atoms with Gasteiger partial charge in [0.05, 0.1) is 5.56 Å².